The molecule has 2 aliphatic rings. The second-order valence-electron chi connectivity index (χ2n) is 9.78. The molecule has 2 saturated heterocycles. The van der Waals surface area contributed by atoms with Crippen LogP contribution in [0.2, 0.25) is 5.02 Å². The van der Waals surface area contributed by atoms with Gasteiger partial charge in [-0.05, 0) is 73.2 Å². The Balaban J connectivity index is 1.29. The van der Waals surface area contributed by atoms with E-state index in [0.29, 0.717) is 24.5 Å². The average molecular weight is 540 g/mol. The number of halogens is 1. The second kappa shape index (κ2) is 10.4. The van der Waals surface area contributed by atoms with Crippen molar-refractivity contribution in [2.45, 2.75) is 55.6 Å². The maximum atomic E-state index is 13.6. The molecule has 0 bridgehead atoms. The molecule has 2 aliphatic heterocycles. The van der Waals surface area contributed by atoms with Gasteiger partial charge >= 0.3 is 0 Å². The number of sulfonamides is 1. The fraction of sp³-hybridized carbons (Fsp3) is 0.357. The van der Waals surface area contributed by atoms with Gasteiger partial charge in [0.1, 0.15) is 12.1 Å². The van der Waals surface area contributed by atoms with Crippen LogP contribution in [-0.2, 0) is 19.6 Å². The number of amides is 2. The molecule has 2 amide bonds. The molecule has 1 unspecified atom stereocenters. The molecule has 7 nitrogen and oxygen atoms in total. The smallest absolute Gasteiger partial charge is 0.245 e. The number of carbonyl (C=O) groups is 2. The van der Waals surface area contributed by atoms with Crippen LogP contribution < -0.4 is 4.72 Å². The van der Waals surface area contributed by atoms with E-state index in [4.69, 9.17) is 11.6 Å². The molecule has 3 aromatic carbocycles. The van der Waals surface area contributed by atoms with Crippen LogP contribution in [-0.4, -0.2) is 55.2 Å². The van der Waals surface area contributed by atoms with Crippen molar-refractivity contribution in [3.63, 3.8) is 0 Å². The molecule has 1 N–H and O–H groups in total. The molecule has 0 saturated carbocycles. The summed E-state index contributed by atoms with van der Waals surface area (Å²) in [5.74, 6) is -0.469. The normalized spacial score (nSPS) is 21.4. The first-order valence-electron chi connectivity index (χ1n) is 12.6. The lowest BCUT2D eigenvalue weighted by Crippen LogP contribution is -2.51. The van der Waals surface area contributed by atoms with Gasteiger partial charge in [-0.15, -0.1) is 0 Å². The van der Waals surface area contributed by atoms with Crippen LogP contribution in [0, 0.1) is 0 Å². The van der Waals surface area contributed by atoms with E-state index in [1.165, 1.54) is 11.0 Å². The summed E-state index contributed by atoms with van der Waals surface area (Å²) in [5.41, 5.74) is 1.10. The molecular formula is C28H30ClN3O4S. The first-order valence-corrected chi connectivity index (χ1v) is 14.5. The Labute approximate surface area is 222 Å². The number of fused-ring (bicyclic) bond motifs is 1. The minimum absolute atomic E-state index is 0.0142. The van der Waals surface area contributed by atoms with Gasteiger partial charge in [-0.3, -0.25) is 9.59 Å². The van der Waals surface area contributed by atoms with E-state index < -0.39 is 22.1 Å². The van der Waals surface area contributed by atoms with Crippen molar-refractivity contribution < 1.29 is 18.0 Å². The van der Waals surface area contributed by atoms with Crippen LogP contribution in [0.4, 0.5) is 0 Å². The van der Waals surface area contributed by atoms with Crippen LogP contribution >= 0.6 is 11.6 Å². The number of likely N-dealkylation sites (tertiary alicyclic amines) is 2. The van der Waals surface area contributed by atoms with Gasteiger partial charge in [-0.25, -0.2) is 8.42 Å². The zero-order chi connectivity index (χ0) is 26.2. The van der Waals surface area contributed by atoms with Crippen molar-refractivity contribution in [3.8, 4) is 0 Å². The number of hydrogen-bond acceptors (Lipinski definition) is 4. The van der Waals surface area contributed by atoms with Gasteiger partial charge in [0.15, 0.2) is 0 Å². The maximum absolute atomic E-state index is 13.6. The first kappa shape index (κ1) is 25.7. The molecule has 37 heavy (non-hydrogen) atoms. The number of nitrogens with zero attached hydrogens (tertiary/aromatic N) is 2. The van der Waals surface area contributed by atoms with Gasteiger partial charge in [0.25, 0.3) is 0 Å². The van der Waals surface area contributed by atoms with E-state index in [1.54, 1.807) is 37.3 Å². The molecule has 3 atom stereocenters. The minimum atomic E-state index is -3.94. The summed E-state index contributed by atoms with van der Waals surface area (Å²) in [6.45, 7) is 2.70. The highest BCUT2D eigenvalue weighted by atomic mass is 35.5. The molecule has 2 fully saturated rings. The SMILES string of the molecule is C[C@@H](C(=O)N1CCCCC1c1ccccc1)N1CC[C@H](NS(=O)(=O)c2ccc3cc(Cl)ccc3c2)C1=O. The molecule has 194 valence electrons. The van der Waals surface area contributed by atoms with Gasteiger partial charge < -0.3 is 9.80 Å². The predicted octanol–water partition coefficient (Wildman–Crippen LogP) is 4.51. The van der Waals surface area contributed by atoms with Crippen molar-refractivity contribution in [2.75, 3.05) is 13.1 Å². The van der Waals surface area contributed by atoms with E-state index in [9.17, 15) is 18.0 Å². The van der Waals surface area contributed by atoms with Crippen molar-refractivity contribution >= 4 is 44.2 Å². The number of nitrogens with one attached hydrogen (secondary N) is 1. The standard InChI is InChI=1S/C28H30ClN3O4S/c1-19(27(33)32-15-6-5-9-26(32)20-7-3-2-4-8-20)31-16-14-25(28(31)34)30-37(35,36)24-13-11-21-17-23(29)12-10-22(21)18-24/h2-4,7-8,10-13,17-19,25-26,30H,5-6,9,14-16H2,1H3/t19-,25-,26?/m0/s1. The molecule has 2 heterocycles. The number of carbonyl (C=O) groups excluding carboxylic acids is 2. The fourth-order valence-corrected chi connectivity index (χ4v) is 6.84. The summed E-state index contributed by atoms with van der Waals surface area (Å²) >= 11 is 6.03. The molecule has 0 radical (unpaired) electrons. The Morgan fingerprint density at radius 2 is 1.70 bits per heavy atom. The predicted molar refractivity (Wildman–Crippen MR) is 144 cm³/mol. The lowest BCUT2D eigenvalue weighted by atomic mass is 9.94. The van der Waals surface area contributed by atoms with Crippen LogP contribution in [0.25, 0.3) is 10.8 Å². The van der Waals surface area contributed by atoms with E-state index in [1.807, 2.05) is 35.2 Å². The molecular weight excluding hydrogens is 510 g/mol. The molecule has 0 aromatic heterocycles. The zero-order valence-corrected chi connectivity index (χ0v) is 22.2. The Bertz CT molecular complexity index is 1430. The summed E-state index contributed by atoms with van der Waals surface area (Å²) in [4.78, 5) is 30.3. The summed E-state index contributed by atoms with van der Waals surface area (Å²) in [5, 5.41) is 2.13. The lowest BCUT2D eigenvalue weighted by molar-refractivity contribution is -0.146. The van der Waals surface area contributed by atoms with Gasteiger partial charge in [0.05, 0.1) is 10.9 Å². The fourth-order valence-electron chi connectivity index (χ4n) is 5.40. The van der Waals surface area contributed by atoms with Gasteiger partial charge in [-0.2, -0.15) is 4.72 Å². The zero-order valence-electron chi connectivity index (χ0n) is 20.6. The third-order valence-corrected chi connectivity index (χ3v) is 9.12. The lowest BCUT2D eigenvalue weighted by Gasteiger charge is -2.39. The minimum Gasteiger partial charge on any atom is -0.334 e. The molecule has 3 aromatic rings. The summed E-state index contributed by atoms with van der Waals surface area (Å²) in [6, 6.07) is 18.4. The van der Waals surface area contributed by atoms with Crippen LogP contribution in [0.3, 0.4) is 0 Å². The maximum Gasteiger partial charge on any atom is 0.245 e. The third kappa shape index (κ3) is 5.23. The summed E-state index contributed by atoms with van der Waals surface area (Å²) < 4.78 is 28.8. The number of hydrogen-bond donors (Lipinski definition) is 1. The number of piperidine rings is 1. The van der Waals surface area contributed by atoms with E-state index in [0.717, 1.165) is 35.6 Å². The van der Waals surface area contributed by atoms with E-state index in [2.05, 4.69) is 4.72 Å². The van der Waals surface area contributed by atoms with Crippen LogP contribution in [0.15, 0.2) is 71.6 Å². The van der Waals surface area contributed by atoms with E-state index >= 15 is 0 Å². The highest BCUT2D eigenvalue weighted by molar-refractivity contribution is 7.89. The Kier molecular flexibility index (Phi) is 7.25. The highest BCUT2D eigenvalue weighted by Crippen LogP contribution is 2.32. The number of benzene rings is 3. The Morgan fingerprint density at radius 3 is 2.49 bits per heavy atom. The average Bonchev–Trinajstić information content (AvgIpc) is 3.26. The largest absolute Gasteiger partial charge is 0.334 e. The van der Waals surface area contributed by atoms with Gasteiger partial charge in [-0.1, -0.05) is 54.1 Å². The van der Waals surface area contributed by atoms with Crippen molar-refractivity contribution in [1.82, 2.24) is 14.5 Å². The third-order valence-electron chi connectivity index (χ3n) is 7.42. The summed E-state index contributed by atoms with van der Waals surface area (Å²) in [6.07, 6.45) is 3.17. The van der Waals surface area contributed by atoms with E-state index in [-0.39, 0.29) is 22.8 Å². The Morgan fingerprint density at radius 1 is 0.973 bits per heavy atom. The van der Waals surface area contributed by atoms with Gasteiger partial charge in [0.2, 0.25) is 21.8 Å². The van der Waals surface area contributed by atoms with Crippen molar-refractivity contribution in [1.29, 1.82) is 0 Å². The molecule has 9 heteroatoms. The molecule has 5 rings (SSSR count). The molecule has 0 spiro atoms. The topological polar surface area (TPSA) is 86.8 Å². The quantitative estimate of drug-likeness (QED) is 0.499. The van der Waals surface area contributed by atoms with Gasteiger partial charge in [0, 0.05) is 18.1 Å². The second-order valence-corrected chi connectivity index (χ2v) is 11.9. The Hall–Kier alpha value is -2.94. The van der Waals surface area contributed by atoms with Crippen molar-refractivity contribution in [3.05, 3.63) is 77.3 Å². The number of rotatable bonds is 6. The van der Waals surface area contributed by atoms with Crippen LogP contribution in [0.1, 0.15) is 44.2 Å². The molecule has 0 aliphatic carbocycles. The van der Waals surface area contributed by atoms with Crippen molar-refractivity contribution in [2.24, 2.45) is 0 Å². The van der Waals surface area contributed by atoms with Crippen LogP contribution in [0.5, 0.6) is 0 Å². The first-order chi connectivity index (χ1) is 17.7. The monoisotopic (exact) mass is 539 g/mol. The summed E-state index contributed by atoms with van der Waals surface area (Å²) in [7, 11) is -3.94. The highest BCUT2D eigenvalue weighted by Gasteiger charge is 2.41.